The molecule has 0 aliphatic heterocycles. The van der Waals surface area contributed by atoms with E-state index in [-0.39, 0.29) is 5.56 Å². The second-order valence-electron chi connectivity index (χ2n) is 15.2. The molecule has 0 saturated carbocycles. The first kappa shape index (κ1) is 57.6. The van der Waals surface area contributed by atoms with Crippen LogP contribution in [0.15, 0.2) is 111 Å². The highest BCUT2D eigenvalue weighted by Crippen LogP contribution is 2.40. The summed E-state index contributed by atoms with van der Waals surface area (Å²) in [5.74, 6) is -11.9. The van der Waals surface area contributed by atoms with Crippen molar-refractivity contribution in [2.45, 2.75) is 49.3 Å². The van der Waals surface area contributed by atoms with Crippen LogP contribution in [0.5, 0.6) is 0 Å². The Kier molecular flexibility index (Phi) is 19.2. The van der Waals surface area contributed by atoms with Gasteiger partial charge in [-0.1, -0.05) is 84.9 Å². The highest BCUT2D eigenvalue weighted by atomic mass is 19.4. The molecule has 0 radical (unpaired) electrons. The number of primary amides is 1. The highest BCUT2D eigenvalue weighted by Gasteiger charge is 2.40. The highest BCUT2D eigenvalue weighted by molar-refractivity contribution is 6.00. The van der Waals surface area contributed by atoms with E-state index in [0.717, 1.165) is 12.1 Å². The van der Waals surface area contributed by atoms with Crippen molar-refractivity contribution in [2.24, 2.45) is 71.6 Å². The van der Waals surface area contributed by atoms with E-state index >= 15 is 0 Å². The number of halogens is 6. The third-order valence-electron chi connectivity index (χ3n) is 9.59. The molecule has 0 fully saturated rings. The zero-order valence-corrected chi connectivity index (χ0v) is 38.5. The van der Waals surface area contributed by atoms with Gasteiger partial charge in [0.2, 0.25) is 36.8 Å². The number of para-hydroxylation sites is 1. The number of nitrogens with one attached hydrogen (secondary N) is 5. The molecule has 33 heteroatoms. The molecular formula is C42H48F6N20O7. The van der Waals surface area contributed by atoms with E-state index in [2.05, 4.69) is 35.6 Å². The maximum atomic E-state index is 14.4. The lowest BCUT2D eigenvalue weighted by molar-refractivity contribution is -0.142. The summed E-state index contributed by atoms with van der Waals surface area (Å²) in [7, 11) is 0. The molecule has 24 N–H and O–H groups in total. The zero-order valence-electron chi connectivity index (χ0n) is 38.5. The lowest BCUT2D eigenvalue weighted by atomic mass is 10.0. The number of hydrogen-bond donors (Lipinski definition) is 15. The molecule has 0 aliphatic carbocycles. The molecule has 6 atom stereocenters. The number of guanidine groups is 4. The number of benzene rings is 3. The number of carbonyl (C=O) groups is 6. The number of hydrogen-bond acceptors (Lipinski definition) is 13. The van der Waals surface area contributed by atoms with Crippen LogP contribution in [-0.4, -0.2) is 107 Å². The first-order valence-electron chi connectivity index (χ1n) is 21.0. The Morgan fingerprint density at radius 2 is 1.03 bits per heavy atom. The molecule has 3 aromatic carbocycles. The Bertz CT molecular complexity index is 2890. The maximum absolute atomic E-state index is 14.4. The third kappa shape index (κ3) is 16.6. The van der Waals surface area contributed by atoms with Gasteiger partial charge in [-0.2, -0.15) is 26.3 Å². The SMILES string of the molecule is NC(=O)C(N=C(N)N)NC(=O)C(N=C(N)N)NC(=O)C(N=C(N)N)NC(=O)C(N=C(N)N)NC(=O)C(NC(=O)C(O)N(CC=Cc1ccccc1)c1cc(C(F)(F)F)nc2c(C(F)(F)F)cccc12)c1ccccc1. The molecule has 4 rings (SSSR count). The zero-order chi connectivity index (χ0) is 55.9. The number of aromatic nitrogens is 1. The van der Waals surface area contributed by atoms with Crippen LogP contribution in [-0.2, 0) is 41.1 Å². The molecule has 6 unspecified atom stereocenters. The lowest BCUT2D eigenvalue weighted by Crippen LogP contribution is -2.58. The Hall–Kier alpha value is -9.95. The van der Waals surface area contributed by atoms with Crippen molar-refractivity contribution in [2.75, 3.05) is 11.4 Å². The summed E-state index contributed by atoms with van der Waals surface area (Å²) in [5, 5.41) is 21.4. The minimum absolute atomic E-state index is 0.0984. The van der Waals surface area contributed by atoms with Gasteiger partial charge in [-0.25, -0.2) is 25.0 Å². The van der Waals surface area contributed by atoms with Crippen molar-refractivity contribution in [3.63, 3.8) is 0 Å². The van der Waals surface area contributed by atoms with Crippen LogP contribution < -0.4 is 83.1 Å². The van der Waals surface area contributed by atoms with Crippen LogP contribution in [0, 0.1) is 0 Å². The van der Waals surface area contributed by atoms with Crippen LogP contribution in [0.2, 0.25) is 0 Å². The molecule has 1 heterocycles. The number of fused-ring (bicyclic) bond motifs is 1. The quantitative estimate of drug-likeness (QED) is 0.0165. The smallest absolute Gasteiger partial charge is 0.370 e. The number of aliphatic hydroxyl groups excluding tert-OH is 1. The molecule has 6 amide bonds. The number of anilines is 1. The first-order valence-corrected chi connectivity index (χ1v) is 21.0. The fraction of sp³-hybridized carbons (Fsp3) is 0.214. The Labute approximate surface area is 418 Å². The van der Waals surface area contributed by atoms with Gasteiger partial charge in [0, 0.05) is 11.9 Å². The summed E-state index contributed by atoms with van der Waals surface area (Å²) in [5.41, 5.74) is 43.7. The Balaban J connectivity index is 1.74. The molecule has 27 nitrogen and oxygen atoms in total. The monoisotopic (exact) mass is 1060 g/mol. The second kappa shape index (κ2) is 24.9. The van der Waals surface area contributed by atoms with Crippen molar-refractivity contribution in [3.8, 4) is 0 Å². The van der Waals surface area contributed by atoms with Gasteiger partial charge < -0.3 is 88.2 Å². The van der Waals surface area contributed by atoms with Crippen molar-refractivity contribution in [1.82, 2.24) is 31.6 Å². The molecular weight excluding hydrogens is 1010 g/mol. The van der Waals surface area contributed by atoms with Crippen LogP contribution in [0.3, 0.4) is 0 Å². The summed E-state index contributed by atoms with van der Waals surface area (Å²) in [6.07, 6.45) is -19.2. The van der Waals surface area contributed by atoms with E-state index in [9.17, 15) is 60.2 Å². The molecule has 1 aromatic heterocycles. The van der Waals surface area contributed by atoms with Gasteiger partial charge in [0.15, 0.2) is 23.8 Å². The number of pyridine rings is 1. The first-order chi connectivity index (χ1) is 35.1. The van der Waals surface area contributed by atoms with E-state index < -0.39 is 143 Å². The number of amides is 6. The Morgan fingerprint density at radius 1 is 0.573 bits per heavy atom. The number of carbonyl (C=O) groups excluding carboxylic acids is 6. The van der Waals surface area contributed by atoms with Crippen LogP contribution in [0.1, 0.15) is 28.4 Å². The molecule has 0 saturated heterocycles. The molecule has 400 valence electrons. The van der Waals surface area contributed by atoms with E-state index in [1.54, 1.807) is 30.3 Å². The third-order valence-corrected chi connectivity index (χ3v) is 9.59. The Morgan fingerprint density at radius 3 is 1.48 bits per heavy atom. The molecule has 0 spiro atoms. The van der Waals surface area contributed by atoms with Gasteiger partial charge in [-0.05, 0) is 23.3 Å². The van der Waals surface area contributed by atoms with Crippen molar-refractivity contribution < 1.29 is 60.2 Å². The summed E-state index contributed by atoms with van der Waals surface area (Å²) in [4.78, 5) is 98.9. The van der Waals surface area contributed by atoms with E-state index in [0.29, 0.717) is 22.6 Å². The fourth-order valence-corrected chi connectivity index (χ4v) is 6.43. The van der Waals surface area contributed by atoms with Crippen LogP contribution in [0.4, 0.5) is 32.0 Å². The number of aliphatic hydroxyl groups is 1. The molecule has 4 aromatic rings. The van der Waals surface area contributed by atoms with Gasteiger partial charge in [0.05, 0.1) is 16.8 Å². The van der Waals surface area contributed by atoms with Crippen LogP contribution in [0.25, 0.3) is 17.0 Å². The van der Waals surface area contributed by atoms with Gasteiger partial charge in [-0.15, -0.1) is 0 Å². The lowest BCUT2D eigenvalue weighted by Gasteiger charge is -2.31. The fourth-order valence-electron chi connectivity index (χ4n) is 6.43. The average molecular weight is 1060 g/mol. The summed E-state index contributed by atoms with van der Waals surface area (Å²) in [6.45, 7) is -0.668. The van der Waals surface area contributed by atoms with E-state index in [1.807, 2.05) is 16.0 Å². The second-order valence-corrected chi connectivity index (χ2v) is 15.2. The summed E-state index contributed by atoms with van der Waals surface area (Å²) < 4.78 is 85.9. The van der Waals surface area contributed by atoms with Gasteiger partial charge >= 0.3 is 12.4 Å². The minimum atomic E-state index is -5.36. The molecule has 0 aliphatic rings. The van der Waals surface area contributed by atoms with E-state index in [4.69, 9.17) is 51.6 Å². The van der Waals surface area contributed by atoms with Crippen molar-refractivity contribution in [1.29, 1.82) is 0 Å². The minimum Gasteiger partial charge on any atom is -0.370 e. The number of nitrogens with two attached hydrogens (primary N) is 9. The summed E-state index contributed by atoms with van der Waals surface area (Å²) in [6, 6.07) is 15.6. The number of nitrogens with zero attached hydrogens (tertiary/aromatic N) is 6. The molecule has 75 heavy (non-hydrogen) atoms. The standard InChI is InChI=1S/C42H48F6N20O7/c43-41(44,45)21-15-7-14-20-22(17-23(42(46,47)48)58-25(20)21)68(16-8-11-18-9-3-1-4-10-18)36(75)35(74)59-24(19-12-5-2-6-13-19)31(70)61-28(65-38(52)53)33(72)63-30(67-40(56)57)34(73)62-29(66-39(54)55)32(71)60-27(26(49)69)64-37(50)51/h1-15,17,24,27-30,36,75H,16H2,(H2,49,69)(H,59,74)(H,60,71)(H,61,70)(H,62,73)(H,63,72)(H4,50,51,64)(H4,52,53,65)(H4,54,55,66)(H4,56,57,67). The van der Waals surface area contributed by atoms with Crippen LogP contribution >= 0.6 is 0 Å². The molecule has 0 bridgehead atoms. The van der Waals surface area contributed by atoms with Gasteiger partial charge in [0.25, 0.3) is 29.5 Å². The van der Waals surface area contributed by atoms with Gasteiger partial charge in [-0.3, -0.25) is 28.8 Å². The number of aliphatic imine (C=N–C) groups is 4. The normalized spacial score (nSPS) is 13.7. The van der Waals surface area contributed by atoms with Crippen molar-refractivity contribution >= 4 is 81.9 Å². The largest absolute Gasteiger partial charge is 0.433 e. The van der Waals surface area contributed by atoms with E-state index in [1.165, 1.54) is 42.5 Å². The summed E-state index contributed by atoms with van der Waals surface area (Å²) >= 11 is 0. The number of alkyl halides is 6. The predicted octanol–water partition coefficient (Wildman–Crippen LogP) is -3.68. The average Bonchev–Trinajstić information content (AvgIpc) is 3.32. The van der Waals surface area contributed by atoms with Gasteiger partial charge in [0.1, 0.15) is 11.7 Å². The maximum Gasteiger partial charge on any atom is 0.433 e. The van der Waals surface area contributed by atoms with Crippen molar-refractivity contribution in [3.05, 3.63) is 113 Å². The predicted molar refractivity (Wildman–Crippen MR) is 258 cm³/mol. The number of rotatable bonds is 21. The topological polar surface area (TPSA) is 483 Å².